The summed E-state index contributed by atoms with van der Waals surface area (Å²) in [6.45, 7) is 1.98. The molecule has 186 valence electrons. The molecule has 2 bridgehead atoms. The van der Waals surface area contributed by atoms with Crippen LogP contribution < -0.4 is 4.90 Å². The first kappa shape index (κ1) is 23.4. The van der Waals surface area contributed by atoms with Gasteiger partial charge < -0.3 is 0 Å². The van der Waals surface area contributed by atoms with Crippen LogP contribution in [-0.4, -0.2) is 18.0 Å². The fraction of sp³-hybridized carbons (Fsp3) is 0.156. The molecule has 4 aliphatic rings. The zero-order valence-electron chi connectivity index (χ0n) is 20.4. The average Bonchev–Trinajstić information content (AvgIpc) is 3.21. The van der Waals surface area contributed by atoms with Gasteiger partial charge in [0.15, 0.2) is 0 Å². The van der Waals surface area contributed by atoms with Crippen molar-refractivity contribution in [1.29, 1.82) is 0 Å². The largest absolute Gasteiger partial charge is 0.274 e. The third kappa shape index (κ3) is 3.02. The van der Waals surface area contributed by atoms with Crippen LogP contribution in [-0.2, 0) is 15.0 Å². The Morgan fingerprint density at radius 1 is 0.789 bits per heavy atom. The Morgan fingerprint density at radius 2 is 1.42 bits per heavy atom. The molecule has 0 aromatic heterocycles. The zero-order valence-corrected chi connectivity index (χ0v) is 21.9. The predicted octanol–water partition coefficient (Wildman–Crippen LogP) is 7.26. The number of imide groups is 1. The quantitative estimate of drug-likeness (QED) is 0.204. The van der Waals surface area contributed by atoms with Gasteiger partial charge in [-0.25, -0.2) is 4.90 Å². The van der Waals surface area contributed by atoms with Crippen LogP contribution in [0.4, 0.5) is 11.4 Å². The summed E-state index contributed by atoms with van der Waals surface area (Å²) in [6.07, 6.45) is 1.83. The van der Waals surface area contributed by atoms with Crippen LogP contribution in [0.1, 0.15) is 33.7 Å². The molecular formula is C32H22Cl2N2O2. The molecular weight excluding hydrogens is 515 g/mol. The van der Waals surface area contributed by atoms with Crippen LogP contribution in [0.2, 0.25) is 10.0 Å². The van der Waals surface area contributed by atoms with Gasteiger partial charge in [0.1, 0.15) is 0 Å². The Hall–Kier alpha value is -3.73. The van der Waals surface area contributed by atoms with Gasteiger partial charge in [-0.15, -0.1) is 0 Å². The first-order valence-electron chi connectivity index (χ1n) is 12.6. The van der Waals surface area contributed by atoms with Crippen molar-refractivity contribution in [2.75, 3.05) is 4.90 Å². The van der Waals surface area contributed by atoms with E-state index >= 15 is 0 Å². The van der Waals surface area contributed by atoms with Gasteiger partial charge in [-0.1, -0.05) is 95.5 Å². The first-order chi connectivity index (χ1) is 18.4. The number of hydrogen-bond acceptors (Lipinski definition) is 3. The number of aliphatic imine (C=N–C) groups is 1. The molecule has 1 saturated heterocycles. The molecule has 0 saturated carbocycles. The molecule has 1 fully saturated rings. The van der Waals surface area contributed by atoms with E-state index in [0.29, 0.717) is 21.4 Å². The summed E-state index contributed by atoms with van der Waals surface area (Å²) >= 11 is 12.8. The predicted molar refractivity (Wildman–Crippen MR) is 151 cm³/mol. The monoisotopic (exact) mass is 536 g/mol. The van der Waals surface area contributed by atoms with E-state index < -0.39 is 17.3 Å². The number of amides is 2. The minimum atomic E-state index is -0.954. The molecule has 0 spiro atoms. The number of benzene rings is 4. The van der Waals surface area contributed by atoms with Crippen LogP contribution in [0.5, 0.6) is 0 Å². The van der Waals surface area contributed by atoms with Crippen LogP contribution in [0.3, 0.4) is 0 Å². The summed E-state index contributed by atoms with van der Waals surface area (Å²) < 4.78 is 0. The summed E-state index contributed by atoms with van der Waals surface area (Å²) in [5.41, 5.74) is 5.33. The van der Waals surface area contributed by atoms with Crippen molar-refractivity contribution in [2.45, 2.75) is 18.3 Å². The molecule has 0 N–H and O–H groups in total. The molecule has 38 heavy (non-hydrogen) atoms. The Morgan fingerprint density at radius 3 is 2.08 bits per heavy atom. The number of rotatable bonds is 3. The van der Waals surface area contributed by atoms with Gasteiger partial charge in [0, 0.05) is 12.1 Å². The Kier molecular flexibility index (Phi) is 5.16. The molecule has 4 aromatic rings. The lowest BCUT2D eigenvalue weighted by Gasteiger charge is -2.52. The molecule has 3 aliphatic carbocycles. The Balaban J connectivity index is 1.51. The third-order valence-electron chi connectivity index (χ3n) is 8.31. The first-order valence-corrected chi connectivity index (χ1v) is 13.3. The van der Waals surface area contributed by atoms with Crippen LogP contribution in [0, 0.1) is 18.8 Å². The fourth-order valence-corrected chi connectivity index (χ4v) is 7.11. The molecule has 2 amide bonds. The van der Waals surface area contributed by atoms with E-state index in [-0.39, 0.29) is 17.7 Å². The topological polar surface area (TPSA) is 49.7 Å². The molecule has 4 aromatic carbocycles. The van der Waals surface area contributed by atoms with E-state index in [1.54, 1.807) is 18.2 Å². The Labute approximate surface area is 230 Å². The zero-order chi connectivity index (χ0) is 26.2. The summed E-state index contributed by atoms with van der Waals surface area (Å²) in [6, 6.07) is 29.1. The highest BCUT2D eigenvalue weighted by Gasteiger charge is 2.67. The molecule has 1 aliphatic heterocycles. The number of carbonyl (C=O) groups excluding carboxylic acids is 2. The van der Waals surface area contributed by atoms with E-state index in [1.165, 1.54) is 4.90 Å². The minimum Gasteiger partial charge on any atom is -0.274 e. The van der Waals surface area contributed by atoms with Gasteiger partial charge in [-0.3, -0.25) is 14.6 Å². The van der Waals surface area contributed by atoms with Crippen LogP contribution in [0.25, 0.3) is 0 Å². The van der Waals surface area contributed by atoms with Gasteiger partial charge in [0.25, 0.3) is 0 Å². The van der Waals surface area contributed by atoms with Gasteiger partial charge in [-0.05, 0) is 53.4 Å². The fourth-order valence-electron chi connectivity index (χ4n) is 6.76. The third-order valence-corrected chi connectivity index (χ3v) is 9.12. The van der Waals surface area contributed by atoms with Crippen molar-refractivity contribution in [2.24, 2.45) is 16.8 Å². The number of aryl methyl sites for hydroxylation is 1. The number of carbonyl (C=O) groups is 2. The summed E-state index contributed by atoms with van der Waals surface area (Å²) in [4.78, 5) is 34.8. The van der Waals surface area contributed by atoms with Crippen molar-refractivity contribution in [1.82, 2.24) is 0 Å². The standard InChI is InChI=1S/C32H22Cl2N2O2/c1-18-13-15-19(16-14-18)36-30(37)27-26-20-7-2-4-9-22(20)32(28(27)31(36)38,23-10-5-3-8-21(23)26)17-35-25-12-6-11-24(33)29(25)34/h2-17,26-28H,1H3. The van der Waals surface area contributed by atoms with Gasteiger partial charge in [0.2, 0.25) is 11.8 Å². The second-order valence-electron chi connectivity index (χ2n) is 10.2. The van der Waals surface area contributed by atoms with Crippen molar-refractivity contribution in [3.8, 4) is 0 Å². The second-order valence-corrected chi connectivity index (χ2v) is 11.0. The smallest absolute Gasteiger partial charge is 0.239 e. The molecule has 2 atom stereocenters. The number of anilines is 1. The average molecular weight is 537 g/mol. The number of nitrogens with zero attached hydrogens (tertiary/aromatic N) is 2. The van der Waals surface area contributed by atoms with Crippen molar-refractivity contribution in [3.63, 3.8) is 0 Å². The maximum atomic E-state index is 14.4. The highest BCUT2D eigenvalue weighted by atomic mass is 35.5. The van der Waals surface area contributed by atoms with Gasteiger partial charge >= 0.3 is 0 Å². The van der Waals surface area contributed by atoms with E-state index in [4.69, 9.17) is 28.2 Å². The van der Waals surface area contributed by atoms with E-state index in [9.17, 15) is 9.59 Å². The van der Waals surface area contributed by atoms with Crippen molar-refractivity contribution < 1.29 is 9.59 Å². The van der Waals surface area contributed by atoms with E-state index in [0.717, 1.165) is 27.8 Å². The molecule has 1 heterocycles. The number of hydrogen-bond donors (Lipinski definition) is 0. The molecule has 0 radical (unpaired) electrons. The molecule has 8 rings (SSSR count). The van der Waals surface area contributed by atoms with Gasteiger partial charge in [0.05, 0.1) is 38.7 Å². The number of halogens is 2. The second kappa shape index (κ2) is 8.39. The highest BCUT2D eigenvalue weighted by molar-refractivity contribution is 6.43. The van der Waals surface area contributed by atoms with Crippen LogP contribution >= 0.6 is 23.2 Å². The minimum absolute atomic E-state index is 0.170. The summed E-state index contributed by atoms with van der Waals surface area (Å²) in [7, 11) is 0. The molecule has 6 heteroatoms. The van der Waals surface area contributed by atoms with Crippen molar-refractivity contribution in [3.05, 3.63) is 129 Å². The lowest BCUT2D eigenvalue weighted by atomic mass is 9.47. The summed E-state index contributed by atoms with van der Waals surface area (Å²) in [5, 5.41) is 0.752. The molecule has 2 unspecified atom stereocenters. The van der Waals surface area contributed by atoms with Gasteiger partial charge in [-0.2, -0.15) is 0 Å². The van der Waals surface area contributed by atoms with E-state index in [2.05, 4.69) is 24.3 Å². The maximum absolute atomic E-state index is 14.4. The normalized spacial score (nSPS) is 25.0. The lowest BCUT2D eigenvalue weighted by molar-refractivity contribution is -0.122. The molecule has 4 nitrogen and oxygen atoms in total. The lowest BCUT2D eigenvalue weighted by Crippen LogP contribution is -2.54. The summed E-state index contributed by atoms with van der Waals surface area (Å²) in [5.74, 6) is -1.79. The van der Waals surface area contributed by atoms with Crippen molar-refractivity contribution >= 4 is 52.6 Å². The Bertz CT molecular complexity index is 1630. The SMILES string of the molecule is Cc1ccc(N2C(=O)C3C4c5ccccc5C(C=Nc5cccc(Cl)c5Cl)(c5ccccc54)C3C2=O)cc1. The van der Waals surface area contributed by atoms with Crippen LogP contribution in [0.15, 0.2) is 96.0 Å². The highest BCUT2D eigenvalue weighted by Crippen LogP contribution is 2.63. The maximum Gasteiger partial charge on any atom is 0.239 e. The van der Waals surface area contributed by atoms with E-state index in [1.807, 2.05) is 61.7 Å².